The molecule has 0 aliphatic heterocycles. The van der Waals surface area contributed by atoms with Gasteiger partial charge in [-0.2, -0.15) is 0 Å². The van der Waals surface area contributed by atoms with Crippen molar-refractivity contribution in [3.8, 4) is 5.75 Å². The Kier molecular flexibility index (Phi) is 2.69. The van der Waals surface area contributed by atoms with E-state index in [0.29, 0.717) is 0 Å². The monoisotopic (exact) mass is 284 g/mol. The van der Waals surface area contributed by atoms with Crippen molar-refractivity contribution < 1.29 is 24.9 Å². The van der Waals surface area contributed by atoms with Gasteiger partial charge in [0.15, 0.2) is 0 Å². The van der Waals surface area contributed by atoms with Gasteiger partial charge in [-0.3, -0.25) is 0 Å². The van der Waals surface area contributed by atoms with Gasteiger partial charge >= 0.3 is 11.9 Å². The number of para-hydroxylation sites is 1. The molecule has 2 aromatic carbocycles. The maximum absolute atomic E-state index is 11.2. The van der Waals surface area contributed by atoms with Crippen molar-refractivity contribution in [2.45, 2.75) is 0 Å². The van der Waals surface area contributed by atoms with E-state index in [9.17, 15) is 14.7 Å². The lowest BCUT2D eigenvalue weighted by atomic mass is 10.1. The van der Waals surface area contributed by atoms with Crippen molar-refractivity contribution in [1.82, 2.24) is 9.97 Å². The highest BCUT2D eigenvalue weighted by atomic mass is 16.4. The fourth-order valence-electron chi connectivity index (χ4n) is 2.14. The first-order chi connectivity index (χ1) is 9.99. The van der Waals surface area contributed by atoms with Gasteiger partial charge in [0.05, 0.1) is 16.6 Å². The molecule has 1 aromatic heterocycles. The van der Waals surface area contributed by atoms with Crippen LogP contribution in [0.1, 0.15) is 20.7 Å². The highest BCUT2D eigenvalue weighted by Gasteiger charge is 2.18. The van der Waals surface area contributed by atoms with Crippen LogP contribution < -0.4 is 0 Å². The zero-order valence-corrected chi connectivity index (χ0v) is 10.4. The van der Waals surface area contributed by atoms with Gasteiger partial charge in [0.1, 0.15) is 22.3 Å². The van der Waals surface area contributed by atoms with Gasteiger partial charge in [-0.25, -0.2) is 19.6 Å². The summed E-state index contributed by atoms with van der Waals surface area (Å²) in [5, 5.41) is 27.9. The quantitative estimate of drug-likeness (QED) is 0.614. The molecule has 1 heterocycles. The fraction of sp³-hybridized carbons (Fsp3) is 0. The van der Waals surface area contributed by atoms with Crippen LogP contribution in [0.15, 0.2) is 30.3 Å². The van der Waals surface area contributed by atoms with Gasteiger partial charge in [0.2, 0.25) is 0 Å². The first-order valence-electron chi connectivity index (χ1n) is 5.88. The molecule has 104 valence electrons. The number of rotatable bonds is 2. The van der Waals surface area contributed by atoms with E-state index in [2.05, 4.69) is 9.97 Å². The molecule has 0 unspecified atom stereocenters. The van der Waals surface area contributed by atoms with E-state index in [0.717, 1.165) is 0 Å². The molecule has 0 radical (unpaired) electrons. The minimum atomic E-state index is -1.33. The first kappa shape index (κ1) is 12.8. The van der Waals surface area contributed by atoms with Gasteiger partial charge in [0, 0.05) is 0 Å². The van der Waals surface area contributed by atoms with Crippen molar-refractivity contribution in [2.24, 2.45) is 0 Å². The molecule has 0 atom stereocenters. The third-order valence-electron chi connectivity index (χ3n) is 3.06. The molecule has 3 rings (SSSR count). The number of hydrogen-bond acceptors (Lipinski definition) is 5. The molecule has 0 fully saturated rings. The number of nitrogens with zero attached hydrogens (tertiary/aromatic N) is 2. The number of aromatic nitrogens is 2. The number of fused-ring (bicyclic) bond motifs is 2. The lowest BCUT2D eigenvalue weighted by molar-refractivity contribution is 0.0685. The lowest BCUT2D eigenvalue weighted by Gasteiger charge is -2.07. The van der Waals surface area contributed by atoms with Gasteiger partial charge < -0.3 is 15.3 Å². The second-order valence-electron chi connectivity index (χ2n) is 4.33. The van der Waals surface area contributed by atoms with E-state index in [-0.39, 0.29) is 33.2 Å². The van der Waals surface area contributed by atoms with E-state index < -0.39 is 17.7 Å². The summed E-state index contributed by atoms with van der Waals surface area (Å²) in [5.41, 5.74) is 0.244. The molecule has 0 aliphatic rings. The summed E-state index contributed by atoms with van der Waals surface area (Å²) >= 11 is 0. The molecule has 0 bridgehead atoms. The molecule has 3 aromatic rings. The Labute approximate surface area is 117 Å². The average Bonchev–Trinajstić information content (AvgIpc) is 2.43. The summed E-state index contributed by atoms with van der Waals surface area (Å²) in [6.07, 6.45) is 0. The largest absolute Gasteiger partial charge is 0.507 e. The Hall–Kier alpha value is -3.22. The summed E-state index contributed by atoms with van der Waals surface area (Å²) in [4.78, 5) is 30.7. The van der Waals surface area contributed by atoms with E-state index in [1.165, 1.54) is 30.3 Å². The molecule has 0 amide bonds. The van der Waals surface area contributed by atoms with Crippen molar-refractivity contribution in [3.05, 3.63) is 41.5 Å². The Bertz CT molecular complexity index is 920. The smallest absolute Gasteiger partial charge is 0.341 e. The molecule has 21 heavy (non-hydrogen) atoms. The Morgan fingerprint density at radius 3 is 2.19 bits per heavy atom. The molecule has 0 aliphatic carbocycles. The van der Waals surface area contributed by atoms with E-state index in [1.807, 2.05) is 0 Å². The minimum absolute atomic E-state index is 0.0116. The molecule has 0 saturated carbocycles. The standard InChI is InChI=1S/C14H8N2O5/c17-9-5-4-8-12(10(9)14(20)21)16-7-3-1-2-6(13(18)19)11(7)15-8/h1-5,17H,(H,18,19)(H,20,21). The summed E-state index contributed by atoms with van der Waals surface area (Å²) in [5.74, 6) is -2.90. The van der Waals surface area contributed by atoms with Crippen LogP contribution in [0.2, 0.25) is 0 Å². The summed E-state index contributed by atoms with van der Waals surface area (Å²) in [6.45, 7) is 0. The topological polar surface area (TPSA) is 121 Å². The molecule has 3 N–H and O–H groups in total. The number of aromatic hydroxyl groups is 1. The fourth-order valence-corrected chi connectivity index (χ4v) is 2.14. The Balaban J connectivity index is 2.49. The van der Waals surface area contributed by atoms with E-state index in [4.69, 9.17) is 10.2 Å². The normalized spacial score (nSPS) is 10.9. The highest BCUT2D eigenvalue weighted by molar-refractivity contribution is 6.07. The van der Waals surface area contributed by atoms with Crippen LogP contribution in [0.5, 0.6) is 5.75 Å². The van der Waals surface area contributed by atoms with Gasteiger partial charge in [-0.05, 0) is 24.3 Å². The predicted molar refractivity (Wildman–Crippen MR) is 72.6 cm³/mol. The van der Waals surface area contributed by atoms with Gasteiger partial charge in [-0.1, -0.05) is 6.07 Å². The van der Waals surface area contributed by atoms with E-state index >= 15 is 0 Å². The maximum Gasteiger partial charge on any atom is 0.341 e. The molecule has 0 spiro atoms. The Morgan fingerprint density at radius 2 is 1.52 bits per heavy atom. The molecule has 7 nitrogen and oxygen atoms in total. The average molecular weight is 284 g/mol. The van der Waals surface area contributed by atoms with Crippen LogP contribution in [0, 0.1) is 0 Å². The Morgan fingerprint density at radius 1 is 0.857 bits per heavy atom. The number of carbonyl (C=O) groups is 2. The number of aromatic carboxylic acids is 2. The second kappa shape index (κ2) is 4.41. The van der Waals surface area contributed by atoms with Crippen LogP contribution in [-0.4, -0.2) is 37.2 Å². The zero-order valence-electron chi connectivity index (χ0n) is 10.4. The van der Waals surface area contributed by atoms with Crippen LogP contribution in [0.4, 0.5) is 0 Å². The number of benzene rings is 2. The van der Waals surface area contributed by atoms with Crippen molar-refractivity contribution in [1.29, 1.82) is 0 Å². The first-order valence-corrected chi connectivity index (χ1v) is 5.88. The van der Waals surface area contributed by atoms with Crippen LogP contribution in [0.25, 0.3) is 22.1 Å². The summed E-state index contributed by atoms with van der Waals surface area (Å²) in [7, 11) is 0. The lowest BCUT2D eigenvalue weighted by Crippen LogP contribution is -2.03. The summed E-state index contributed by atoms with van der Waals surface area (Å²) in [6, 6.07) is 7.00. The third-order valence-corrected chi connectivity index (χ3v) is 3.06. The molecular weight excluding hydrogens is 276 g/mol. The molecule has 7 heteroatoms. The SMILES string of the molecule is O=C(O)c1cccc2nc3c(C(=O)O)c(O)ccc3nc12. The maximum atomic E-state index is 11.2. The molecule has 0 saturated heterocycles. The predicted octanol–water partition coefficient (Wildman–Crippen LogP) is 1.88. The zero-order chi connectivity index (χ0) is 15.1. The number of carboxylic acid groups (broad SMARTS) is 2. The van der Waals surface area contributed by atoms with Gasteiger partial charge in [0.25, 0.3) is 0 Å². The van der Waals surface area contributed by atoms with Crippen LogP contribution in [0.3, 0.4) is 0 Å². The minimum Gasteiger partial charge on any atom is -0.507 e. The van der Waals surface area contributed by atoms with Crippen molar-refractivity contribution >= 4 is 34.0 Å². The number of carboxylic acids is 2. The van der Waals surface area contributed by atoms with Crippen molar-refractivity contribution in [2.75, 3.05) is 0 Å². The van der Waals surface area contributed by atoms with Crippen LogP contribution in [-0.2, 0) is 0 Å². The number of phenols is 1. The van der Waals surface area contributed by atoms with Crippen molar-refractivity contribution in [3.63, 3.8) is 0 Å². The molecular formula is C14H8N2O5. The van der Waals surface area contributed by atoms with Crippen LogP contribution >= 0.6 is 0 Å². The highest BCUT2D eigenvalue weighted by Crippen LogP contribution is 2.27. The summed E-state index contributed by atoms with van der Waals surface area (Å²) < 4.78 is 0. The third kappa shape index (κ3) is 1.91. The van der Waals surface area contributed by atoms with Gasteiger partial charge in [-0.15, -0.1) is 0 Å². The second-order valence-corrected chi connectivity index (χ2v) is 4.33. The van der Waals surface area contributed by atoms with E-state index in [1.54, 1.807) is 0 Å². The number of hydrogen-bond donors (Lipinski definition) is 3.